The summed E-state index contributed by atoms with van der Waals surface area (Å²) < 4.78 is 0. The molecule has 1 aliphatic carbocycles. The maximum atomic E-state index is 5.92. The summed E-state index contributed by atoms with van der Waals surface area (Å²) in [5.41, 5.74) is 4.73. The zero-order valence-electron chi connectivity index (χ0n) is 12.2. The van der Waals surface area contributed by atoms with Crippen LogP contribution in [0.4, 0.5) is 0 Å². The van der Waals surface area contributed by atoms with Crippen molar-refractivity contribution in [3.8, 4) is 0 Å². The lowest BCUT2D eigenvalue weighted by Crippen LogP contribution is -2.61. The summed E-state index contributed by atoms with van der Waals surface area (Å²) >= 11 is 1.77. The molecule has 1 aliphatic rings. The second kappa shape index (κ2) is 6.84. The summed E-state index contributed by atoms with van der Waals surface area (Å²) in [6.45, 7) is 0. The highest BCUT2D eigenvalue weighted by Gasteiger charge is 2.40. The van der Waals surface area contributed by atoms with E-state index in [1.807, 2.05) is 0 Å². The molecule has 2 rings (SSSR count). The zero-order chi connectivity index (χ0) is 13.7. The fraction of sp³-hybridized carbons (Fsp3) is 0.733. The molecule has 0 amide bonds. The number of hydrogen-bond donors (Lipinski definition) is 2. The lowest BCUT2D eigenvalue weighted by Gasteiger charge is -2.45. The third-order valence-electron chi connectivity index (χ3n) is 4.73. The van der Waals surface area contributed by atoms with Crippen molar-refractivity contribution in [3.63, 3.8) is 0 Å². The van der Waals surface area contributed by atoms with Gasteiger partial charge in [-0.15, -0.1) is 0 Å². The van der Waals surface area contributed by atoms with Crippen LogP contribution in [0.1, 0.15) is 44.1 Å². The smallest absolute Gasteiger partial charge is 0.0435 e. The van der Waals surface area contributed by atoms with Crippen molar-refractivity contribution in [2.45, 2.75) is 56.5 Å². The summed E-state index contributed by atoms with van der Waals surface area (Å²) in [6, 6.07) is 2.55. The van der Waals surface area contributed by atoms with Gasteiger partial charge in [-0.2, -0.15) is 11.3 Å². The van der Waals surface area contributed by atoms with E-state index in [4.69, 9.17) is 5.84 Å². The summed E-state index contributed by atoms with van der Waals surface area (Å²) in [7, 11) is 4.42. The minimum absolute atomic E-state index is 0.202. The van der Waals surface area contributed by atoms with Gasteiger partial charge in [0.15, 0.2) is 0 Å². The Balaban J connectivity index is 2.18. The van der Waals surface area contributed by atoms with Crippen molar-refractivity contribution in [2.24, 2.45) is 5.84 Å². The first-order valence-corrected chi connectivity index (χ1v) is 8.28. The molecule has 1 heterocycles. The minimum Gasteiger partial charge on any atom is -0.302 e. The van der Waals surface area contributed by atoms with Crippen LogP contribution in [0, 0.1) is 0 Å². The molecular weight excluding hydrogens is 254 g/mol. The Bertz CT molecular complexity index is 353. The molecular formula is C15H27N3S. The average molecular weight is 281 g/mol. The molecule has 1 atom stereocenters. The average Bonchev–Trinajstić information content (AvgIpc) is 2.78. The lowest BCUT2D eigenvalue weighted by atomic mass is 9.79. The fourth-order valence-electron chi connectivity index (χ4n) is 3.50. The molecule has 3 nitrogen and oxygen atoms in total. The van der Waals surface area contributed by atoms with E-state index in [9.17, 15) is 0 Å². The lowest BCUT2D eigenvalue weighted by molar-refractivity contribution is 0.0802. The Morgan fingerprint density at radius 1 is 1.32 bits per heavy atom. The second-order valence-electron chi connectivity index (χ2n) is 5.97. The van der Waals surface area contributed by atoms with Crippen LogP contribution in [0.2, 0.25) is 0 Å². The van der Waals surface area contributed by atoms with Crippen LogP contribution in [0.3, 0.4) is 0 Å². The first-order chi connectivity index (χ1) is 9.19. The minimum atomic E-state index is 0.202. The second-order valence-corrected chi connectivity index (χ2v) is 6.75. The van der Waals surface area contributed by atoms with Gasteiger partial charge in [0.1, 0.15) is 0 Å². The molecule has 0 aromatic carbocycles. The van der Waals surface area contributed by atoms with E-state index in [2.05, 4.69) is 41.2 Å². The van der Waals surface area contributed by atoms with Gasteiger partial charge in [-0.05, 0) is 55.7 Å². The largest absolute Gasteiger partial charge is 0.302 e. The van der Waals surface area contributed by atoms with Crippen LogP contribution in [-0.2, 0) is 6.42 Å². The quantitative estimate of drug-likeness (QED) is 0.495. The van der Waals surface area contributed by atoms with Crippen molar-refractivity contribution in [1.82, 2.24) is 10.3 Å². The number of nitrogens with one attached hydrogen (secondary N) is 1. The van der Waals surface area contributed by atoms with Crippen molar-refractivity contribution in [1.29, 1.82) is 0 Å². The van der Waals surface area contributed by atoms with Gasteiger partial charge in [-0.25, -0.2) is 0 Å². The third kappa shape index (κ3) is 3.37. The number of likely N-dealkylation sites (N-methyl/N-ethyl adjacent to an activating group) is 1. The molecule has 1 saturated carbocycles. The predicted octanol–water partition coefficient (Wildman–Crippen LogP) is 2.78. The number of hydrazine groups is 1. The maximum absolute atomic E-state index is 5.92. The van der Waals surface area contributed by atoms with E-state index in [-0.39, 0.29) is 5.54 Å². The Morgan fingerprint density at radius 3 is 2.47 bits per heavy atom. The van der Waals surface area contributed by atoms with Gasteiger partial charge in [-0.1, -0.05) is 25.7 Å². The molecule has 0 spiro atoms. The van der Waals surface area contributed by atoms with E-state index in [0.717, 1.165) is 6.42 Å². The van der Waals surface area contributed by atoms with Gasteiger partial charge in [0, 0.05) is 11.6 Å². The van der Waals surface area contributed by atoms with Crippen molar-refractivity contribution in [3.05, 3.63) is 22.4 Å². The summed E-state index contributed by atoms with van der Waals surface area (Å²) in [5.74, 6) is 5.92. The number of nitrogens with two attached hydrogens (primary N) is 1. The van der Waals surface area contributed by atoms with Gasteiger partial charge >= 0.3 is 0 Å². The highest BCUT2D eigenvalue weighted by Crippen LogP contribution is 2.35. The van der Waals surface area contributed by atoms with Crippen molar-refractivity contribution >= 4 is 11.3 Å². The van der Waals surface area contributed by atoms with Gasteiger partial charge < -0.3 is 4.90 Å². The van der Waals surface area contributed by atoms with Gasteiger partial charge in [-0.3, -0.25) is 11.3 Å². The first kappa shape index (κ1) is 15.0. The molecule has 4 heteroatoms. The molecule has 1 aromatic heterocycles. The van der Waals surface area contributed by atoms with E-state index in [1.54, 1.807) is 11.3 Å². The van der Waals surface area contributed by atoms with E-state index in [1.165, 1.54) is 44.1 Å². The molecule has 108 valence electrons. The highest BCUT2D eigenvalue weighted by atomic mass is 32.1. The van der Waals surface area contributed by atoms with Crippen LogP contribution in [0.25, 0.3) is 0 Å². The molecule has 1 unspecified atom stereocenters. The van der Waals surface area contributed by atoms with Crippen molar-refractivity contribution in [2.75, 3.05) is 14.1 Å². The molecule has 0 radical (unpaired) electrons. The number of hydrogen-bond acceptors (Lipinski definition) is 4. The SMILES string of the molecule is CN(C)C1(C(Cc2ccsc2)NN)CCCCCC1. The third-order valence-corrected chi connectivity index (χ3v) is 5.46. The van der Waals surface area contributed by atoms with E-state index < -0.39 is 0 Å². The van der Waals surface area contributed by atoms with E-state index >= 15 is 0 Å². The topological polar surface area (TPSA) is 41.3 Å². The highest BCUT2D eigenvalue weighted by molar-refractivity contribution is 7.07. The summed E-state index contributed by atoms with van der Waals surface area (Å²) in [4.78, 5) is 2.41. The Hall–Kier alpha value is -0.420. The predicted molar refractivity (Wildman–Crippen MR) is 83.3 cm³/mol. The Kier molecular flexibility index (Phi) is 5.39. The van der Waals surface area contributed by atoms with Gasteiger partial charge in [0.25, 0.3) is 0 Å². The van der Waals surface area contributed by atoms with Gasteiger partial charge in [0.2, 0.25) is 0 Å². The van der Waals surface area contributed by atoms with Crippen molar-refractivity contribution < 1.29 is 0 Å². The van der Waals surface area contributed by atoms with Crippen LogP contribution in [0.15, 0.2) is 16.8 Å². The maximum Gasteiger partial charge on any atom is 0.0435 e. The molecule has 0 aliphatic heterocycles. The Morgan fingerprint density at radius 2 is 2.00 bits per heavy atom. The molecule has 0 saturated heterocycles. The molecule has 3 N–H and O–H groups in total. The number of nitrogens with zero attached hydrogens (tertiary/aromatic N) is 1. The van der Waals surface area contributed by atoms with Gasteiger partial charge in [0.05, 0.1) is 0 Å². The fourth-order valence-corrected chi connectivity index (χ4v) is 4.18. The van der Waals surface area contributed by atoms with Crippen LogP contribution >= 0.6 is 11.3 Å². The van der Waals surface area contributed by atoms with Crippen LogP contribution in [0.5, 0.6) is 0 Å². The number of rotatable bonds is 5. The van der Waals surface area contributed by atoms with Crippen LogP contribution < -0.4 is 11.3 Å². The monoisotopic (exact) mass is 281 g/mol. The molecule has 1 fully saturated rings. The summed E-state index contributed by atoms with van der Waals surface area (Å²) in [6.07, 6.45) is 8.90. The summed E-state index contributed by atoms with van der Waals surface area (Å²) in [5, 5.41) is 4.39. The van der Waals surface area contributed by atoms with Crippen LogP contribution in [-0.4, -0.2) is 30.6 Å². The molecule has 1 aromatic rings. The normalized spacial score (nSPS) is 21.3. The van der Waals surface area contributed by atoms with E-state index in [0.29, 0.717) is 6.04 Å². The number of thiophene rings is 1. The standard InChI is InChI=1S/C15H27N3S/c1-18(2)15(8-5-3-4-6-9-15)14(17-16)11-13-7-10-19-12-13/h7,10,12,14,17H,3-6,8-9,11,16H2,1-2H3. The Labute approximate surface area is 121 Å². The first-order valence-electron chi connectivity index (χ1n) is 7.34. The molecule has 19 heavy (non-hydrogen) atoms. The molecule has 0 bridgehead atoms. The zero-order valence-corrected chi connectivity index (χ0v) is 13.0.